The van der Waals surface area contributed by atoms with Gasteiger partial charge in [-0.3, -0.25) is 0 Å². The summed E-state index contributed by atoms with van der Waals surface area (Å²) in [7, 11) is 1.82. The van der Waals surface area contributed by atoms with Crippen molar-refractivity contribution in [1.29, 1.82) is 0 Å². The van der Waals surface area contributed by atoms with Crippen LogP contribution in [0.25, 0.3) is 0 Å². The van der Waals surface area contributed by atoms with E-state index in [0.29, 0.717) is 0 Å². The van der Waals surface area contributed by atoms with E-state index in [1.807, 2.05) is 0 Å². The maximum Gasteiger partial charge on any atom is 0.893 e. The smallest absolute Gasteiger partial charge is 0.498 e. The molecule has 0 aromatic heterocycles. The molecule has 0 N–H and O–H groups in total. The number of hydrogen-bond acceptors (Lipinski definition) is 3. The summed E-state index contributed by atoms with van der Waals surface area (Å²) in [5, 5.41) is 0. The number of hydrogen-bond donors (Lipinski definition) is 0. The maximum atomic E-state index is 6.02. The van der Waals surface area contributed by atoms with Crippen LogP contribution in [0.5, 0.6) is 0 Å². The van der Waals surface area contributed by atoms with Crippen LogP contribution in [0.4, 0.5) is 0 Å². The van der Waals surface area contributed by atoms with Crippen LogP contribution in [0.15, 0.2) is 0 Å². The van der Waals surface area contributed by atoms with E-state index in [-0.39, 0.29) is 0 Å². The Bertz CT molecular complexity index is 118. The van der Waals surface area contributed by atoms with Crippen LogP contribution in [0, 0.1) is 0 Å². The Kier molecular flexibility index (Phi) is 7.33. The molecular weight excluding hydrogens is 199 g/mol. The highest BCUT2D eigenvalue weighted by atomic mass is 28.4. The minimum Gasteiger partial charge on any atom is -0.498 e. The third-order valence-electron chi connectivity index (χ3n) is 2.66. The molecule has 5 heteroatoms. The minimum atomic E-state index is -1.81. The van der Waals surface area contributed by atoms with Crippen molar-refractivity contribution >= 4 is 23.5 Å². The van der Waals surface area contributed by atoms with E-state index in [9.17, 15) is 0 Å². The Morgan fingerprint density at radius 3 is 1.54 bits per heavy atom. The Balaban J connectivity index is 4.21. The zero-order chi connectivity index (χ0) is 10.3. The topological polar surface area (TPSA) is 27.7 Å². The third-order valence-corrected chi connectivity index (χ3v) is 10.1. The van der Waals surface area contributed by atoms with Crippen LogP contribution in [-0.2, 0) is 11.1 Å². The molecule has 3 nitrogen and oxygen atoms in total. The van der Waals surface area contributed by atoms with Crippen molar-refractivity contribution in [3.05, 3.63) is 0 Å². The van der Waals surface area contributed by atoms with Gasteiger partial charge < -0.3 is 11.1 Å². The molecule has 0 radical (unpaired) electrons. The molecule has 0 aliphatic rings. The van der Waals surface area contributed by atoms with E-state index in [0.717, 1.165) is 18.1 Å². The Labute approximate surface area is 87.9 Å². The second-order valence-corrected chi connectivity index (χ2v) is 10.1. The Morgan fingerprint density at radius 2 is 1.31 bits per heavy atom. The second-order valence-electron chi connectivity index (χ2n) is 3.12. The molecular formula is C8H21AlO3Si. The predicted octanol–water partition coefficient (Wildman–Crippen LogP) is 2.29. The van der Waals surface area contributed by atoms with Gasteiger partial charge in [0, 0.05) is 14.2 Å². The standard InChI is InChI=1S/C6H15OSi.2CH3O.Al/c1-4-8(7,5-2)6-3;2*1-2;/h4-6H2,1-3H3;2*1H3;/q3*-1;+3. The summed E-state index contributed by atoms with van der Waals surface area (Å²) in [6.45, 7) is 6.61. The molecule has 0 heterocycles. The highest BCUT2D eigenvalue weighted by Crippen LogP contribution is 2.22. The lowest BCUT2D eigenvalue weighted by atomic mass is 10.9. The zero-order valence-electron chi connectivity index (χ0n) is 9.42. The lowest BCUT2D eigenvalue weighted by molar-refractivity contribution is 0.196. The molecule has 13 heavy (non-hydrogen) atoms. The van der Waals surface area contributed by atoms with Gasteiger partial charge in [-0.2, -0.15) is 0 Å². The zero-order valence-corrected chi connectivity index (χ0v) is 11.6. The van der Waals surface area contributed by atoms with E-state index in [2.05, 4.69) is 20.8 Å². The molecule has 0 rings (SSSR count). The lowest BCUT2D eigenvalue weighted by Gasteiger charge is -2.30. The predicted molar refractivity (Wildman–Crippen MR) is 58.1 cm³/mol. The molecule has 0 aliphatic carbocycles. The third kappa shape index (κ3) is 4.11. The van der Waals surface area contributed by atoms with Gasteiger partial charge in [0.2, 0.25) is 0 Å². The van der Waals surface area contributed by atoms with Crippen LogP contribution in [0.1, 0.15) is 20.8 Å². The molecule has 0 aromatic rings. The second kappa shape index (κ2) is 6.99. The quantitative estimate of drug-likeness (QED) is 0.616. The summed E-state index contributed by atoms with van der Waals surface area (Å²) in [6, 6.07) is 3.45. The van der Waals surface area contributed by atoms with Crippen molar-refractivity contribution < 1.29 is 11.1 Å². The van der Waals surface area contributed by atoms with Gasteiger partial charge in [-0.15, -0.1) is 0 Å². The van der Waals surface area contributed by atoms with E-state index in [1.165, 1.54) is 0 Å². The molecule has 0 atom stereocenters. The monoisotopic (exact) mass is 220 g/mol. The first-order valence-corrected chi connectivity index (χ1v) is 8.85. The van der Waals surface area contributed by atoms with E-state index in [4.69, 9.17) is 11.1 Å². The highest BCUT2D eigenvalue weighted by Gasteiger charge is 2.39. The van der Waals surface area contributed by atoms with E-state index >= 15 is 0 Å². The van der Waals surface area contributed by atoms with Gasteiger partial charge >= 0.3 is 15.1 Å². The van der Waals surface area contributed by atoms with Crippen LogP contribution >= 0.6 is 0 Å². The van der Waals surface area contributed by atoms with E-state index < -0.39 is 23.5 Å². The van der Waals surface area contributed by atoms with Gasteiger partial charge in [0.15, 0.2) is 8.32 Å². The fourth-order valence-corrected chi connectivity index (χ4v) is 7.49. The first kappa shape index (κ1) is 13.6. The number of rotatable bonds is 7. The Morgan fingerprint density at radius 1 is 0.923 bits per heavy atom. The molecule has 78 valence electrons. The molecule has 0 spiro atoms. The fraction of sp³-hybridized carbons (Fsp3) is 1.00. The van der Waals surface area contributed by atoms with Crippen molar-refractivity contribution in [2.45, 2.75) is 38.9 Å². The van der Waals surface area contributed by atoms with Crippen molar-refractivity contribution in [2.75, 3.05) is 14.2 Å². The average molecular weight is 220 g/mol. The minimum absolute atomic E-state index is 1.15. The van der Waals surface area contributed by atoms with Crippen molar-refractivity contribution in [3.63, 3.8) is 0 Å². The molecule has 0 saturated heterocycles. The first-order chi connectivity index (χ1) is 6.17. The van der Waals surface area contributed by atoms with Gasteiger partial charge in [-0.25, -0.2) is 0 Å². The maximum absolute atomic E-state index is 6.02. The molecule has 0 bridgehead atoms. The summed E-state index contributed by atoms with van der Waals surface area (Å²) in [5.41, 5.74) is 0. The molecule has 0 aromatic carbocycles. The summed E-state index contributed by atoms with van der Waals surface area (Å²) in [5.74, 6) is 0. The highest BCUT2D eigenvalue weighted by molar-refractivity contribution is 6.78. The fourth-order valence-electron chi connectivity index (χ4n) is 1.40. The lowest BCUT2D eigenvalue weighted by Crippen LogP contribution is -2.43. The van der Waals surface area contributed by atoms with Crippen LogP contribution < -0.4 is 0 Å². The van der Waals surface area contributed by atoms with Crippen molar-refractivity contribution in [3.8, 4) is 0 Å². The van der Waals surface area contributed by atoms with Gasteiger partial charge in [0.25, 0.3) is 0 Å². The Hall–Kier alpha value is 0.629. The molecule has 0 amide bonds. The van der Waals surface area contributed by atoms with Gasteiger partial charge in [-0.05, 0) is 18.1 Å². The molecule has 0 unspecified atom stereocenters. The molecule has 0 saturated carbocycles. The summed E-state index contributed by atoms with van der Waals surface area (Å²) in [6.07, 6.45) is 0. The SMILES string of the molecule is CC[Si](CC)(CC)[O][Al]([O]C)[O]C. The largest absolute Gasteiger partial charge is 0.893 e. The first-order valence-electron chi connectivity index (χ1n) is 4.91. The van der Waals surface area contributed by atoms with Crippen LogP contribution in [0.2, 0.25) is 18.1 Å². The van der Waals surface area contributed by atoms with Crippen molar-refractivity contribution in [2.24, 2.45) is 0 Å². The van der Waals surface area contributed by atoms with E-state index in [1.54, 1.807) is 14.2 Å². The summed E-state index contributed by atoms with van der Waals surface area (Å²) < 4.78 is 16.4. The van der Waals surface area contributed by atoms with Crippen LogP contribution in [0.3, 0.4) is 0 Å². The molecule has 0 fully saturated rings. The van der Waals surface area contributed by atoms with Crippen molar-refractivity contribution in [1.82, 2.24) is 0 Å². The summed E-state index contributed by atoms with van der Waals surface area (Å²) in [4.78, 5) is 0. The normalized spacial score (nSPS) is 11.8. The molecule has 0 aliphatic heterocycles. The van der Waals surface area contributed by atoms with Gasteiger partial charge in [-0.1, -0.05) is 20.8 Å². The summed E-state index contributed by atoms with van der Waals surface area (Å²) >= 11 is -1.81. The van der Waals surface area contributed by atoms with Gasteiger partial charge in [0.05, 0.1) is 0 Å². The van der Waals surface area contributed by atoms with Gasteiger partial charge in [0.1, 0.15) is 0 Å². The van der Waals surface area contributed by atoms with Crippen LogP contribution in [-0.4, -0.2) is 37.7 Å². The average Bonchev–Trinajstić information content (AvgIpc) is 2.21.